The van der Waals surface area contributed by atoms with Crippen LogP contribution in [-0.4, -0.2) is 35.9 Å². The van der Waals surface area contributed by atoms with Crippen LogP contribution in [0.1, 0.15) is 24.0 Å². The van der Waals surface area contributed by atoms with E-state index in [1.165, 1.54) is 24.3 Å². The van der Waals surface area contributed by atoms with Gasteiger partial charge in [0.1, 0.15) is 0 Å². The van der Waals surface area contributed by atoms with E-state index in [9.17, 15) is 30.0 Å². The van der Waals surface area contributed by atoms with Crippen molar-refractivity contribution in [3.63, 3.8) is 0 Å². The number of anilines is 1. The molecule has 1 unspecified atom stereocenters. The molecule has 0 aliphatic carbocycles. The summed E-state index contributed by atoms with van der Waals surface area (Å²) in [6, 6.07) is 8.50. The van der Waals surface area contributed by atoms with Gasteiger partial charge in [-0.2, -0.15) is 13.2 Å². The molecule has 0 aromatic heterocycles. The summed E-state index contributed by atoms with van der Waals surface area (Å²) in [4.78, 5) is -0.274. The van der Waals surface area contributed by atoms with Gasteiger partial charge in [0.2, 0.25) is 0 Å². The monoisotopic (exact) mass is 435 g/mol. The molecule has 1 N–H and O–H groups in total. The summed E-state index contributed by atoms with van der Waals surface area (Å²) in [5.74, 6) is -0.218. The lowest BCUT2D eigenvalue weighted by atomic mass is 9.99. The Balaban J connectivity index is 2.24. The molecule has 28 heavy (non-hydrogen) atoms. The van der Waals surface area contributed by atoms with E-state index in [1.54, 1.807) is 6.92 Å². The van der Waals surface area contributed by atoms with Crippen molar-refractivity contribution < 1.29 is 30.0 Å². The van der Waals surface area contributed by atoms with Crippen molar-refractivity contribution in [3.8, 4) is 0 Å². The first-order valence-electron chi connectivity index (χ1n) is 8.15. The minimum Gasteiger partial charge on any atom is -0.383 e. The summed E-state index contributed by atoms with van der Waals surface area (Å²) in [5, 5.41) is 2.95. The first kappa shape index (κ1) is 22.2. The van der Waals surface area contributed by atoms with Crippen molar-refractivity contribution in [1.82, 2.24) is 0 Å². The highest BCUT2D eigenvalue weighted by atomic mass is 32.2. The summed E-state index contributed by atoms with van der Waals surface area (Å²) >= 11 is 0. The summed E-state index contributed by atoms with van der Waals surface area (Å²) in [7, 11) is -7.28. The molecule has 2 aromatic rings. The predicted octanol–water partition coefficient (Wildman–Crippen LogP) is 3.73. The van der Waals surface area contributed by atoms with Crippen LogP contribution in [0.3, 0.4) is 0 Å². The van der Waals surface area contributed by atoms with E-state index in [4.69, 9.17) is 0 Å². The first-order valence-corrected chi connectivity index (χ1v) is 11.9. The fourth-order valence-electron chi connectivity index (χ4n) is 2.57. The molecule has 1 atom stereocenters. The summed E-state index contributed by atoms with van der Waals surface area (Å²) < 4.78 is 85.4. The van der Waals surface area contributed by atoms with Gasteiger partial charge >= 0.3 is 6.18 Å². The van der Waals surface area contributed by atoms with Gasteiger partial charge in [-0.3, -0.25) is 0 Å². The van der Waals surface area contributed by atoms with Gasteiger partial charge in [0.25, 0.3) is 0 Å². The smallest absolute Gasteiger partial charge is 0.383 e. The lowest BCUT2D eigenvalue weighted by Gasteiger charge is -2.17. The van der Waals surface area contributed by atoms with Crippen molar-refractivity contribution in [1.29, 1.82) is 0 Å². The topological polar surface area (TPSA) is 80.3 Å². The fourth-order valence-corrected chi connectivity index (χ4v) is 4.17. The Bertz CT molecular complexity index is 1060. The van der Waals surface area contributed by atoms with E-state index in [0.29, 0.717) is 5.56 Å². The van der Waals surface area contributed by atoms with Crippen LogP contribution >= 0.6 is 0 Å². The van der Waals surface area contributed by atoms with E-state index >= 15 is 0 Å². The molecule has 0 spiro atoms. The Morgan fingerprint density at radius 3 is 1.96 bits per heavy atom. The van der Waals surface area contributed by atoms with E-state index < -0.39 is 31.4 Å². The van der Waals surface area contributed by atoms with Gasteiger partial charge in [-0.15, -0.1) is 0 Å². The predicted molar refractivity (Wildman–Crippen MR) is 101 cm³/mol. The average Bonchev–Trinajstić information content (AvgIpc) is 2.57. The Hall–Kier alpha value is -2.07. The van der Waals surface area contributed by atoms with Crippen LogP contribution in [0.5, 0.6) is 0 Å². The zero-order chi connectivity index (χ0) is 21.3. The molecule has 0 amide bonds. The van der Waals surface area contributed by atoms with Gasteiger partial charge in [-0.1, -0.05) is 19.1 Å². The Morgan fingerprint density at radius 1 is 0.929 bits per heavy atom. The number of nitrogens with one attached hydrogen (secondary N) is 1. The molecule has 0 fully saturated rings. The van der Waals surface area contributed by atoms with Gasteiger partial charge in [0.05, 0.1) is 21.0 Å². The van der Waals surface area contributed by atoms with Crippen LogP contribution in [-0.2, 0) is 25.9 Å². The van der Waals surface area contributed by atoms with E-state index in [2.05, 4.69) is 5.32 Å². The summed E-state index contributed by atoms with van der Waals surface area (Å²) in [6.07, 6.45) is -2.46. The van der Waals surface area contributed by atoms with Crippen molar-refractivity contribution in [2.45, 2.75) is 28.8 Å². The molecule has 0 aliphatic heterocycles. The largest absolute Gasteiger partial charge is 0.416 e. The van der Waals surface area contributed by atoms with Crippen LogP contribution in [0.2, 0.25) is 0 Å². The fraction of sp³-hybridized carbons (Fsp3) is 0.333. The molecule has 2 rings (SSSR count). The Morgan fingerprint density at radius 2 is 1.50 bits per heavy atom. The highest BCUT2D eigenvalue weighted by molar-refractivity contribution is 7.91. The number of sulfone groups is 2. The molecular formula is C18H20F3NO4S2. The lowest BCUT2D eigenvalue weighted by molar-refractivity contribution is -0.137. The maximum absolute atomic E-state index is 12.7. The van der Waals surface area contributed by atoms with Crippen LogP contribution < -0.4 is 5.32 Å². The number of alkyl halides is 3. The molecule has 2 aromatic carbocycles. The Labute approximate surface area is 162 Å². The maximum Gasteiger partial charge on any atom is 0.416 e. The number of halogens is 3. The zero-order valence-corrected chi connectivity index (χ0v) is 17.0. The van der Waals surface area contributed by atoms with Crippen molar-refractivity contribution in [2.75, 3.05) is 24.4 Å². The number of hydrogen-bond donors (Lipinski definition) is 1. The molecule has 0 aliphatic rings. The number of rotatable bonds is 6. The maximum atomic E-state index is 12.7. The molecule has 10 heteroatoms. The van der Waals surface area contributed by atoms with E-state index in [-0.39, 0.29) is 27.9 Å². The normalized spacial score (nSPS) is 13.9. The minimum atomic E-state index is -4.41. The number of hydrogen-bond acceptors (Lipinski definition) is 5. The van der Waals surface area contributed by atoms with Crippen LogP contribution in [0.4, 0.5) is 18.9 Å². The summed E-state index contributed by atoms with van der Waals surface area (Å²) in [5.41, 5.74) is 0.134. The van der Waals surface area contributed by atoms with E-state index in [0.717, 1.165) is 30.7 Å². The van der Waals surface area contributed by atoms with Crippen LogP contribution in [0.25, 0.3) is 0 Å². The highest BCUT2D eigenvalue weighted by Gasteiger charge is 2.30. The van der Waals surface area contributed by atoms with Crippen LogP contribution in [0, 0.1) is 0 Å². The average molecular weight is 435 g/mol. The summed E-state index contributed by atoms with van der Waals surface area (Å²) in [6.45, 7) is 2.02. The molecule has 0 heterocycles. The minimum absolute atomic E-state index is 0.116. The SMILES string of the molecule is CC(CNc1ccc(S(C)(=O)=O)cc1S(C)(=O)=O)c1ccc(C(F)(F)F)cc1. The third-order valence-electron chi connectivity index (χ3n) is 4.19. The Kier molecular flexibility index (Phi) is 6.15. The van der Waals surface area contributed by atoms with Gasteiger partial charge in [0.15, 0.2) is 19.7 Å². The van der Waals surface area contributed by atoms with Crippen molar-refractivity contribution in [2.24, 2.45) is 0 Å². The molecule has 5 nitrogen and oxygen atoms in total. The lowest BCUT2D eigenvalue weighted by Crippen LogP contribution is -2.13. The highest BCUT2D eigenvalue weighted by Crippen LogP contribution is 2.31. The van der Waals surface area contributed by atoms with E-state index in [1.807, 2.05) is 0 Å². The molecule has 154 valence electrons. The number of benzene rings is 2. The molecule has 0 radical (unpaired) electrons. The molecule has 0 saturated heterocycles. The van der Waals surface area contributed by atoms with Gasteiger partial charge in [-0.25, -0.2) is 16.8 Å². The molecule has 0 bridgehead atoms. The van der Waals surface area contributed by atoms with Gasteiger partial charge in [0, 0.05) is 19.1 Å². The first-order chi connectivity index (χ1) is 12.7. The second-order valence-corrected chi connectivity index (χ2v) is 10.6. The van der Waals surface area contributed by atoms with Gasteiger partial charge in [-0.05, 0) is 41.8 Å². The molecular weight excluding hydrogens is 415 g/mol. The molecule has 0 saturated carbocycles. The van der Waals surface area contributed by atoms with Crippen molar-refractivity contribution in [3.05, 3.63) is 53.6 Å². The van der Waals surface area contributed by atoms with Crippen molar-refractivity contribution >= 4 is 25.4 Å². The second-order valence-electron chi connectivity index (χ2n) is 6.60. The standard InChI is InChI=1S/C18H20F3NO4S2/c1-12(13-4-6-14(7-5-13)18(19,20)21)11-22-16-9-8-15(27(2,23)24)10-17(16)28(3,25)26/h4-10,12,22H,11H2,1-3H3. The quantitative estimate of drug-likeness (QED) is 0.748. The van der Waals surface area contributed by atoms with Crippen LogP contribution in [0.15, 0.2) is 52.3 Å². The second kappa shape index (κ2) is 7.75. The third-order valence-corrected chi connectivity index (χ3v) is 6.43. The zero-order valence-electron chi connectivity index (χ0n) is 15.4. The van der Waals surface area contributed by atoms with Gasteiger partial charge < -0.3 is 5.32 Å². The third kappa shape index (κ3) is 5.48.